The van der Waals surface area contributed by atoms with Crippen molar-refractivity contribution in [2.75, 3.05) is 26.8 Å². The number of rotatable bonds is 5. The molecule has 0 aromatic carbocycles. The number of ether oxygens (including phenoxy) is 2. The lowest BCUT2D eigenvalue weighted by atomic mass is 10.4. The highest BCUT2D eigenvalue weighted by molar-refractivity contribution is 5.79. The molecule has 5 nitrogen and oxygen atoms in total. The van der Waals surface area contributed by atoms with Gasteiger partial charge in [0, 0.05) is 13.1 Å². The van der Waals surface area contributed by atoms with Crippen LogP contribution in [0.2, 0.25) is 0 Å². The highest BCUT2D eigenvalue weighted by atomic mass is 16.5. The highest BCUT2D eigenvalue weighted by Gasteiger charge is 2.41. The normalized spacial score (nSPS) is 24.1. The van der Waals surface area contributed by atoms with Crippen molar-refractivity contribution in [3.63, 3.8) is 0 Å². The van der Waals surface area contributed by atoms with E-state index in [4.69, 9.17) is 4.74 Å². The van der Waals surface area contributed by atoms with Crippen LogP contribution < -0.4 is 0 Å². The van der Waals surface area contributed by atoms with Crippen LogP contribution in [0.25, 0.3) is 0 Å². The van der Waals surface area contributed by atoms with E-state index in [0.717, 1.165) is 0 Å². The largest absolute Gasteiger partial charge is 0.469 e. The van der Waals surface area contributed by atoms with Crippen LogP contribution in [0.4, 0.5) is 0 Å². The maximum atomic E-state index is 11.1. The van der Waals surface area contributed by atoms with Crippen LogP contribution in [0.15, 0.2) is 0 Å². The summed E-state index contributed by atoms with van der Waals surface area (Å²) in [6, 6.07) is -0.139. The monoisotopic (exact) mass is 201 g/mol. The standard InChI is InChI=1S/C9H15NO4/c1-3-14-9(12)7-6-10(7)5-4-8(11)13-2/h7H,3-6H2,1-2H3/t7-,10?/m0/s1. The fraction of sp³-hybridized carbons (Fsp3) is 0.778. The Labute approximate surface area is 83.0 Å². The minimum absolute atomic E-state index is 0.139. The summed E-state index contributed by atoms with van der Waals surface area (Å²) >= 11 is 0. The summed E-state index contributed by atoms with van der Waals surface area (Å²) in [4.78, 5) is 23.8. The molecule has 0 spiro atoms. The van der Waals surface area contributed by atoms with Crippen molar-refractivity contribution in [2.24, 2.45) is 0 Å². The average Bonchev–Trinajstić information content (AvgIpc) is 2.94. The van der Waals surface area contributed by atoms with Crippen molar-refractivity contribution in [1.29, 1.82) is 0 Å². The molecule has 1 aliphatic heterocycles. The second-order valence-corrected chi connectivity index (χ2v) is 3.09. The van der Waals surface area contributed by atoms with Crippen molar-refractivity contribution < 1.29 is 19.1 Å². The summed E-state index contributed by atoms with van der Waals surface area (Å²) in [5, 5.41) is 0. The van der Waals surface area contributed by atoms with E-state index in [1.807, 2.05) is 4.90 Å². The van der Waals surface area contributed by atoms with Gasteiger partial charge < -0.3 is 9.47 Å². The van der Waals surface area contributed by atoms with E-state index < -0.39 is 0 Å². The zero-order valence-electron chi connectivity index (χ0n) is 8.49. The maximum absolute atomic E-state index is 11.1. The molecular formula is C9H15NO4. The van der Waals surface area contributed by atoms with E-state index >= 15 is 0 Å². The Morgan fingerprint density at radius 3 is 2.79 bits per heavy atom. The molecule has 0 radical (unpaired) electrons. The molecule has 1 unspecified atom stereocenters. The lowest BCUT2D eigenvalue weighted by Crippen LogP contribution is -2.18. The zero-order chi connectivity index (χ0) is 10.6. The molecule has 0 aromatic heterocycles. The van der Waals surface area contributed by atoms with Crippen LogP contribution in [0.3, 0.4) is 0 Å². The minimum Gasteiger partial charge on any atom is -0.469 e. The van der Waals surface area contributed by atoms with E-state index in [-0.39, 0.29) is 18.0 Å². The van der Waals surface area contributed by atoms with Crippen LogP contribution in [0.1, 0.15) is 13.3 Å². The highest BCUT2D eigenvalue weighted by Crippen LogP contribution is 2.18. The molecule has 80 valence electrons. The molecule has 14 heavy (non-hydrogen) atoms. The molecular weight excluding hydrogens is 186 g/mol. The summed E-state index contributed by atoms with van der Waals surface area (Å²) in [7, 11) is 1.35. The van der Waals surface area contributed by atoms with Gasteiger partial charge in [-0.3, -0.25) is 14.5 Å². The Morgan fingerprint density at radius 2 is 2.21 bits per heavy atom. The van der Waals surface area contributed by atoms with Gasteiger partial charge in [-0.25, -0.2) is 0 Å². The lowest BCUT2D eigenvalue weighted by molar-refractivity contribution is -0.144. The van der Waals surface area contributed by atoms with Crippen LogP contribution in [0.5, 0.6) is 0 Å². The molecule has 2 atom stereocenters. The van der Waals surface area contributed by atoms with Gasteiger partial charge in [-0.05, 0) is 6.92 Å². The third-order valence-corrected chi connectivity index (χ3v) is 2.10. The number of hydrogen-bond acceptors (Lipinski definition) is 5. The Balaban J connectivity index is 2.13. The Kier molecular flexibility index (Phi) is 3.88. The van der Waals surface area contributed by atoms with E-state index in [0.29, 0.717) is 26.1 Å². The van der Waals surface area contributed by atoms with E-state index in [2.05, 4.69) is 4.74 Å². The molecule has 0 aromatic rings. The van der Waals surface area contributed by atoms with Gasteiger partial charge in [-0.15, -0.1) is 0 Å². The van der Waals surface area contributed by atoms with Gasteiger partial charge in [0.2, 0.25) is 0 Å². The second-order valence-electron chi connectivity index (χ2n) is 3.09. The SMILES string of the molecule is CCOC(=O)[C@@H]1CN1CCC(=O)OC. The molecule has 1 saturated heterocycles. The predicted octanol–water partition coefficient (Wildman–Crippen LogP) is -0.203. The first-order chi connectivity index (χ1) is 6.69. The minimum atomic E-state index is -0.250. The third-order valence-electron chi connectivity index (χ3n) is 2.10. The molecule has 0 bridgehead atoms. The molecule has 1 aliphatic rings. The molecule has 1 rings (SSSR count). The molecule has 0 amide bonds. The fourth-order valence-corrected chi connectivity index (χ4v) is 1.22. The summed E-state index contributed by atoms with van der Waals surface area (Å²) in [6.07, 6.45) is 0.326. The summed E-state index contributed by atoms with van der Waals surface area (Å²) in [5.41, 5.74) is 0. The summed E-state index contributed by atoms with van der Waals surface area (Å²) in [5.74, 6) is -0.447. The van der Waals surface area contributed by atoms with Crippen molar-refractivity contribution in [3.05, 3.63) is 0 Å². The molecule has 0 aliphatic carbocycles. The van der Waals surface area contributed by atoms with E-state index in [9.17, 15) is 9.59 Å². The number of hydrogen-bond donors (Lipinski definition) is 0. The average molecular weight is 201 g/mol. The van der Waals surface area contributed by atoms with Crippen LogP contribution in [0, 0.1) is 0 Å². The molecule has 0 N–H and O–H groups in total. The number of nitrogens with zero attached hydrogens (tertiary/aromatic N) is 1. The van der Waals surface area contributed by atoms with Crippen molar-refractivity contribution in [2.45, 2.75) is 19.4 Å². The van der Waals surface area contributed by atoms with Gasteiger partial charge in [0.15, 0.2) is 0 Å². The maximum Gasteiger partial charge on any atom is 0.324 e. The van der Waals surface area contributed by atoms with Crippen molar-refractivity contribution in [1.82, 2.24) is 4.90 Å². The number of methoxy groups -OCH3 is 1. The number of carbonyl (C=O) groups excluding carboxylic acids is 2. The first kappa shape index (κ1) is 11.0. The fourth-order valence-electron chi connectivity index (χ4n) is 1.22. The van der Waals surface area contributed by atoms with Crippen molar-refractivity contribution in [3.8, 4) is 0 Å². The van der Waals surface area contributed by atoms with E-state index in [1.54, 1.807) is 6.92 Å². The zero-order valence-corrected chi connectivity index (χ0v) is 8.49. The smallest absolute Gasteiger partial charge is 0.324 e. The summed E-state index contributed by atoms with van der Waals surface area (Å²) in [6.45, 7) is 3.44. The third kappa shape index (κ3) is 2.99. The second kappa shape index (κ2) is 4.95. The molecule has 1 heterocycles. The molecule has 5 heteroatoms. The quantitative estimate of drug-likeness (QED) is 0.455. The van der Waals surface area contributed by atoms with Gasteiger partial charge >= 0.3 is 11.9 Å². The lowest BCUT2D eigenvalue weighted by Gasteiger charge is -2.02. The van der Waals surface area contributed by atoms with Crippen LogP contribution in [-0.2, 0) is 19.1 Å². The van der Waals surface area contributed by atoms with Gasteiger partial charge in [0.05, 0.1) is 20.1 Å². The van der Waals surface area contributed by atoms with Crippen LogP contribution in [-0.4, -0.2) is 49.7 Å². The Bertz CT molecular complexity index is 229. The first-order valence-corrected chi connectivity index (χ1v) is 4.66. The van der Waals surface area contributed by atoms with Crippen LogP contribution >= 0.6 is 0 Å². The molecule has 0 saturated carbocycles. The van der Waals surface area contributed by atoms with Gasteiger partial charge in [-0.1, -0.05) is 0 Å². The number of esters is 2. The molecule has 1 fully saturated rings. The Morgan fingerprint density at radius 1 is 1.50 bits per heavy atom. The van der Waals surface area contributed by atoms with E-state index in [1.165, 1.54) is 7.11 Å². The first-order valence-electron chi connectivity index (χ1n) is 4.66. The topological polar surface area (TPSA) is 55.6 Å². The van der Waals surface area contributed by atoms with Gasteiger partial charge in [0.25, 0.3) is 0 Å². The van der Waals surface area contributed by atoms with Crippen molar-refractivity contribution >= 4 is 11.9 Å². The van der Waals surface area contributed by atoms with Gasteiger partial charge in [-0.2, -0.15) is 0 Å². The Hall–Kier alpha value is -1.10. The number of carbonyl (C=O) groups is 2. The van der Waals surface area contributed by atoms with Gasteiger partial charge in [0.1, 0.15) is 6.04 Å². The predicted molar refractivity (Wildman–Crippen MR) is 48.6 cm³/mol. The summed E-state index contributed by atoms with van der Waals surface area (Å²) < 4.78 is 9.32.